The Balaban J connectivity index is 1.23. The quantitative estimate of drug-likeness (QED) is 0.272. The van der Waals surface area contributed by atoms with Gasteiger partial charge in [0.05, 0.1) is 10.7 Å². The number of hydrogen-bond donors (Lipinski definition) is 1. The number of rotatable bonds is 6. The van der Waals surface area contributed by atoms with Crippen molar-refractivity contribution in [2.45, 2.75) is 32.6 Å². The molecule has 0 unspecified atom stereocenters. The van der Waals surface area contributed by atoms with Crippen LogP contribution in [0.3, 0.4) is 0 Å². The number of nitrogens with one attached hydrogen (secondary N) is 1. The van der Waals surface area contributed by atoms with Crippen molar-refractivity contribution in [1.29, 1.82) is 0 Å². The number of carbonyl (C=O) groups is 2. The van der Waals surface area contributed by atoms with Crippen LogP contribution in [0.15, 0.2) is 54.7 Å². The first-order chi connectivity index (χ1) is 21.9. The molecule has 1 amide bonds. The molecule has 13 heteroatoms. The summed E-state index contributed by atoms with van der Waals surface area (Å²) in [6.45, 7) is 7.78. The van der Waals surface area contributed by atoms with Gasteiger partial charge >= 0.3 is 12.1 Å². The third-order valence-corrected chi connectivity index (χ3v) is 9.45. The topological polar surface area (TPSA) is 77.1 Å². The largest absolute Gasteiger partial charge is 0.491 e. The van der Waals surface area contributed by atoms with E-state index in [4.69, 9.17) is 16.3 Å². The standard InChI is InChI=1S/C33H36ClF3N6O3/c1-21-19-42(24-8-9-27-23(18-24)10-11-38-27)16-17-43(21)31(44)29-30(46-32(45)33(35,36)37)25(22(2)39(29)3)20-40-12-14-41(15-13-40)28-7-5-4-6-26(28)34/h4-11,18,21,38H,12-17,19-20H2,1-3H3/t21-/m0/s1. The molecule has 6 rings (SSSR count). The fraction of sp³-hybridized carbons (Fsp3) is 0.394. The van der Waals surface area contributed by atoms with Crippen molar-refractivity contribution in [2.75, 3.05) is 55.6 Å². The highest BCUT2D eigenvalue weighted by atomic mass is 35.5. The summed E-state index contributed by atoms with van der Waals surface area (Å²) < 4.78 is 47.1. The lowest BCUT2D eigenvalue weighted by Crippen LogP contribution is -2.54. The summed E-state index contributed by atoms with van der Waals surface area (Å²) in [5.41, 5.74) is 3.87. The number of nitrogens with zero attached hydrogens (tertiary/aromatic N) is 5. The highest BCUT2D eigenvalue weighted by Gasteiger charge is 2.44. The third-order valence-electron chi connectivity index (χ3n) is 9.13. The van der Waals surface area contributed by atoms with E-state index in [0.717, 1.165) is 22.3 Å². The van der Waals surface area contributed by atoms with Crippen LogP contribution >= 0.6 is 11.6 Å². The van der Waals surface area contributed by atoms with E-state index in [1.54, 1.807) is 23.4 Å². The Labute approximate surface area is 270 Å². The van der Waals surface area contributed by atoms with Gasteiger partial charge in [0.2, 0.25) is 0 Å². The Morgan fingerprint density at radius 3 is 2.41 bits per heavy atom. The number of fused-ring (bicyclic) bond motifs is 1. The van der Waals surface area contributed by atoms with E-state index in [9.17, 15) is 22.8 Å². The molecule has 2 aromatic heterocycles. The maximum atomic E-state index is 14.1. The average Bonchev–Trinajstić information content (AvgIpc) is 3.59. The molecule has 46 heavy (non-hydrogen) atoms. The number of H-pyrrole nitrogens is 1. The van der Waals surface area contributed by atoms with Crippen LogP contribution in [-0.2, 0) is 18.4 Å². The smallest absolute Gasteiger partial charge is 0.417 e. The number of piperazine rings is 2. The Kier molecular flexibility index (Phi) is 8.68. The zero-order valence-electron chi connectivity index (χ0n) is 25.9. The molecule has 2 saturated heterocycles. The molecular weight excluding hydrogens is 621 g/mol. The summed E-state index contributed by atoms with van der Waals surface area (Å²) in [7, 11) is 1.62. The van der Waals surface area contributed by atoms with Gasteiger partial charge in [-0.1, -0.05) is 23.7 Å². The Morgan fingerprint density at radius 1 is 1.00 bits per heavy atom. The number of anilines is 2. The zero-order chi connectivity index (χ0) is 32.7. The average molecular weight is 657 g/mol. The number of para-hydroxylation sites is 1. The molecule has 2 aromatic carbocycles. The highest BCUT2D eigenvalue weighted by molar-refractivity contribution is 6.33. The molecule has 4 aromatic rings. The fourth-order valence-corrected chi connectivity index (χ4v) is 6.72. The first kappa shape index (κ1) is 31.8. The monoisotopic (exact) mass is 656 g/mol. The number of aromatic amines is 1. The predicted molar refractivity (Wildman–Crippen MR) is 172 cm³/mol. The summed E-state index contributed by atoms with van der Waals surface area (Å²) in [4.78, 5) is 37.6. The van der Waals surface area contributed by atoms with Crippen LogP contribution in [0.4, 0.5) is 24.5 Å². The van der Waals surface area contributed by atoms with Crippen LogP contribution in [0, 0.1) is 6.92 Å². The van der Waals surface area contributed by atoms with Crippen LogP contribution in [-0.4, -0.2) is 89.3 Å². The minimum absolute atomic E-state index is 0.0613. The van der Waals surface area contributed by atoms with Crippen molar-refractivity contribution in [3.63, 3.8) is 0 Å². The second-order valence-electron chi connectivity index (χ2n) is 11.9. The first-order valence-electron chi connectivity index (χ1n) is 15.2. The molecule has 4 heterocycles. The Hall–Kier alpha value is -4.16. The van der Waals surface area contributed by atoms with Gasteiger partial charge < -0.3 is 29.0 Å². The number of esters is 1. The van der Waals surface area contributed by atoms with Crippen molar-refractivity contribution in [3.8, 4) is 5.75 Å². The van der Waals surface area contributed by atoms with Gasteiger partial charge in [-0.15, -0.1) is 0 Å². The molecule has 0 aliphatic carbocycles. The van der Waals surface area contributed by atoms with Crippen LogP contribution in [0.25, 0.3) is 10.9 Å². The molecular formula is C33H36ClF3N6O3. The number of benzene rings is 2. The summed E-state index contributed by atoms with van der Waals surface area (Å²) >= 11 is 6.39. The fourth-order valence-electron chi connectivity index (χ4n) is 6.46. The summed E-state index contributed by atoms with van der Waals surface area (Å²) in [5, 5.41) is 1.73. The second kappa shape index (κ2) is 12.6. The van der Waals surface area contributed by atoms with Gasteiger partial charge in [-0.3, -0.25) is 9.69 Å². The van der Waals surface area contributed by atoms with Gasteiger partial charge in [-0.25, -0.2) is 4.79 Å². The molecule has 2 aliphatic heterocycles. The number of aromatic nitrogens is 2. The van der Waals surface area contributed by atoms with Crippen molar-refractivity contribution >= 4 is 45.8 Å². The van der Waals surface area contributed by atoms with E-state index in [1.807, 2.05) is 55.6 Å². The lowest BCUT2D eigenvalue weighted by Gasteiger charge is -2.41. The van der Waals surface area contributed by atoms with Crippen molar-refractivity contribution < 1.29 is 27.5 Å². The molecule has 0 saturated carbocycles. The van der Waals surface area contributed by atoms with Crippen LogP contribution in [0.2, 0.25) is 5.02 Å². The number of ether oxygens (including phenoxy) is 1. The molecule has 2 aliphatic rings. The number of halogens is 4. The van der Waals surface area contributed by atoms with E-state index in [2.05, 4.69) is 25.8 Å². The van der Waals surface area contributed by atoms with Gasteiger partial charge in [-0.05, 0) is 50.2 Å². The van der Waals surface area contributed by atoms with Crippen LogP contribution in [0.1, 0.15) is 28.7 Å². The van der Waals surface area contributed by atoms with E-state index in [1.165, 1.54) is 0 Å². The Morgan fingerprint density at radius 2 is 1.72 bits per heavy atom. The summed E-state index contributed by atoms with van der Waals surface area (Å²) in [5.74, 6) is -3.15. The first-order valence-corrected chi connectivity index (χ1v) is 15.6. The molecule has 1 atom stereocenters. The van der Waals surface area contributed by atoms with E-state index >= 15 is 0 Å². The lowest BCUT2D eigenvalue weighted by atomic mass is 10.1. The summed E-state index contributed by atoms with van der Waals surface area (Å²) in [6.07, 6.45) is -3.34. The molecule has 0 bridgehead atoms. The Bertz CT molecular complexity index is 1760. The van der Waals surface area contributed by atoms with Gasteiger partial charge in [0.25, 0.3) is 5.91 Å². The predicted octanol–water partition coefficient (Wildman–Crippen LogP) is 5.61. The van der Waals surface area contributed by atoms with Gasteiger partial charge in [0, 0.05) is 99.5 Å². The number of amides is 1. The summed E-state index contributed by atoms with van der Waals surface area (Å²) in [6, 6.07) is 15.4. The second-order valence-corrected chi connectivity index (χ2v) is 12.4. The number of alkyl halides is 3. The van der Waals surface area contributed by atoms with Crippen LogP contribution < -0.4 is 14.5 Å². The number of carbonyl (C=O) groups excluding carboxylic acids is 2. The minimum Gasteiger partial charge on any atom is -0.417 e. The minimum atomic E-state index is -5.22. The highest BCUT2D eigenvalue weighted by Crippen LogP contribution is 2.36. The molecule has 244 valence electrons. The molecule has 9 nitrogen and oxygen atoms in total. The van der Waals surface area contributed by atoms with E-state index in [-0.39, 0.29) is 24.0 Å². The van der Waals surface area contributed by atoms with Crippen molar-refractivity contribution in [2.24, 2.45) is 7.05 Å². The lowest BCUT2D eigenvalue weighted by molar-refractivity contribution is -0.189. The SMILES string of the molecule is Cc1c(CN2CCN(c3ccccc3Cl)CC2)c(OC(=O)C(F)(F)F)c(C(=O)N2CCN(c3ccc4[nH]ccc4c3)C[C@@H]2C)n1C. The van der Waals surface area contributed by atoms with E-state index < -0.39 is 18.1 Å². The molecule has 1 N–H and O–H groups in total. The van der Waals surface area contributed by atoms with E-state index in [0.29, 0.717) is 62.1 Å². The molecule has 0 spiro atoms. The normalized spacial score (nSPS) is 18.0. The van der Waals surface area contributed by atoms with Crippen molar-refractivity contribution in [3.05, 3.63) is 76.7 Å². The van der Waals surface area contributed by atoms with Gasteiger partial charge in [0.1, 0.15) is 0 Å². The van der Waals surface area contributed by atoms with Crippen LogP contribution in [0.5, 0.6) is 5.75 Å². The molecule has 2 fully saturated rings. The van der Waals surface area contributed by atoms with Gasteiger partial charge in [0.15, 0.2) is 11.4 Å². The van der Waals surface area contributed by atoms with Gasteiger partial charge in [-0.2, -0.15) is 13.2 Å². The maximum Gasteiger partial charge on any atom is 0.491 e. The van der Waals surface area contributed by atoms with Crippen molar-refractivity contribution in [1.82, 2.24) is 19.4 Å². The number of hydrogen-bond acceptors (Lipinski definition) is 6. The maximum absolute atomic E-state index is 14.1. The molecule has 0 radical (unpaired) electrons. The third kappa shape index (κ3) is 6.15. The zero-order valence-corrected chi connectivity index (χ0v) is 26.7.